The van der Waals surface area contributed by atoms with Gasteiger partial charge in [-0.3, -0.25) is 14.4 Å². The van der Waals surface area contributed by atoms with E-state index >= 15 is 0 Å². The van der Waals surface area contributed by atoms with E-state index < -0.39 is 12.1 Å². The van der Waals surface area contributed by atoms with Crippen LogP contribution in [0.3, 0.4) is 0 Å². The molecule has 0 spiro atoms. The molecule has 3 amide bonds. The van der Waals surface area contributed by atoms with Crippen molar-refractivity contribution in [2.75, 3.05) is 13.1 Å². The summed E-state index contributed by atoms with van der Waals surface area (Å²) in [4.78, 5) is 51.0. The average Bonchev–Trinajstić information content (AvgIpc) is 3.75. The SMILES string of the molecule is Cc1nc2n(n1)CCN(C(=O)c1cccc3c1COC3)CCCC(=O)N[C@H](Cc1c[nH]c3ccccc13)C(=O)N[C@H]2CC(C)C. The summed E-state index contributed by atoms with van der Waals surface area (Å²) in [6, 6.07) is 12.4. The highest BCUT2D eigenvalue weighted by atomic mass is 16.5. The lowest BCUT2D eigenvalue weighted by atomic mass is 10.0. The minimum absolute atomic E-state index is 0.0903. The molecule has 2 aromatic carbocycles. The van der Waals surface area contributed by atoms with Crippen molar-refractivity contribution < 1.29 is 19.1 Å². The number of aromatic nitrogens is 4. The largest absolute Gasteiger partial charge is 0.372 e. The molecule has 0 aliphatic carbocycles. The van der Waals surface area contributed by atoms with Gasteiger partial charge in [0.2, 0.25) is 11.8 Å². The molecule has 0 fully saturated rings. The topological polar surface area (TPSA) is 134 Å². The fourth-order valence-electron chi connectivity index (χ4n) is 6.40. The Hall–Kier alpha value is -4.51. The molecule has 0 unspecified atom stereocenters. The average molecular weight is 612 g/mol. The minimum Gasteiger partial charge on any atom is -0.372 e. The molecule has 4 heterocycles. The Kier molecular flexibility index (Phi) is 8.97. The summed E-state index contributed by atoms with van der Waals surface area (Å²) in [5.41, 5.74) is 4.51. The zero-order valence-corrected chi connectivity index (χ0v) is 26.1. The molecule has 2 aliphatic rings. The fraction of sp³-hybridized carbons (Fsp3) is 0.441. The van der Waals surface area contributed by atoms with E-state index in [-0.39, 0.29) is 30.1 Å². The van der Waals surface area contributed by atoms with Gasteiger partial charge in [0, 0.05) is 48.6 Å². The van der Waals surface area contributed by atoms with Gasteiger partial charge in [0.1, 0.15) is 17.7 Å². The normalized spacial score (nSPS) is 19.6. The van der Waals surface area contributed by atoms with Gasteiger partial charge in [0.15, 0.2) is 0 Å². The maximum atomic E-state index is 14.0. The number of H-pyrrole nitrogens is 1. The second kappa shape index (κ2) is 13.2. The van der Waals surface area contributed by atoms with Crippen LogP contribution in [0, 0.1) is 12.8 Å². The number of nitrogens with zero attached hydrogens (tertiary/aromatic N) is 4. The number of aromatic amines is 1. The van der Waals surface area contributed by atoms with Crippen molar-refractivity contribution in [3.63, 3.8) is 0 Å². The minimum atomic E-state index is -0.795. The number of carbonyl (C=O) groups is 3. The van der Waals surface area contributed by atoms with Crippen LogP contribution < -0.4 is 10.6 Å². The number of amides is 3. The summed E-state index contributed by atoms with van der Waals surface area (Å²) in [5.74, 6) is 0.907. The van der Waals surface area contributed by atoms with Crippen molar-refractivity contribution in [3.05, 3.63) is 82.6 Å². The number of para-hydroxylation sites is 1. The number of carbonyl (C=O) groups excluding carboxylic acids is 3. The van der Waals surface area contributed by atoms with Crippen LogP contribution in [0.25, 0.3) is 10.9 Å². The van der Waals surface area contributed by atoms with Crippen LogP contribution in [0.5, 0.6) is 0 Å². The Morgan fingerprint density at radius 1 is 1.02 bits per heavy atom. The van der Waals surface area contributed by atoms with Gasteiger partial charge in [-0.2, -0.15) is 5.10 Å². The van der Waals surface area contributed by atoms with Crippen molar-refractivity contribution in [2.45, 2.75) is 78.3 Å². The zero-order valence-electron chi connectivity index (χ0n) is 26.1. The van der Waals surface area contributed by atoms with E-state index in [1.807, 2.05) is 60.3 Å². The number of rotatable bonds is 5. The first-order valence-corrected chi connectivity index (χ1v) is 15.8. The van der Waals surface area contributed by atoms with Gasteiger partial charge in [-0.1, -0.05) is 44.2 Å². The van der Waals surface area contributed by atoms with E-state index in [2.05, 4.69) is 34.6 Å². The lowest BCUT2D eigenvalue weighted by Gasteiger charge is -2.27. The molecular weight excluding hydrogens is 570 g/mol. The number of hydrogen-bond donors (Lipinski definition) is 3. The third-order valence-corrected chi connectivity index (χ3v) is 8.60. The molecular formula is C34H41N7O4. The molecule has 2 aromatic heterocycles. The Morgan fingerprint density at radius 3 is 2.71 bits per heavy atom. The maximum Gasteiger partial charge on any atom is 0.254 e. The summed E-state index contributed by atoms with van der Waals surface area (Å²) in [5, 5.41) is 11.9. The van der Waals surface area contributed by atoms with Gasteiger partial charge in [-0.25, -0.2) is 9.67 Å². The van der Waals surface area contributed by atoms with Crippen LogP contribution in [-0.4, -0.2) is 61.5 Å². The lowest BCUT2D eigenvalue weighted by Crippen LogP contribution is -2.49. The molecule has 0 saturated heterocycles. The number of aryl methyl sites for hydroxylation is 1. The highest BCUT2D eigenvalue weighted by molar-refractivity contribution is 5.96. The third-order valence-electron chi connectivity index (χ3n) is 8.60. The summed E-state index contributed by atoms with van der Waals surface area (Å²) >= 11 is 0. The Morgan fingerprint density at radius 2 is 1.87 bits per heavy atom. The predicted molar refractivity (Wildman–Crippen MR) is 169 cm³/mol. The molecule has 236 valence electrons. The third kappa shape index (κ3) is 6.78. The first-order chi connectivity index (χ1) is 21.8. The quantitative estimate of drug-likeness (QED) is 0.313. The van der Waals surface area contributed by atoms with Crippen molar-refractivity contribution in [3.8, 4) is 0 Å². The number of hydrogen-bond acceptors (Lipinski definition) is 6. The number of nitrogens with one attached hydrogen (secondary N) is 3. The molecule has 4 aromatic rings. The molecule has 0 bridgehead atoms. The highest BCUT2D eigenvalue weighted by Crippen LogP contribution is 2.26. The molecule has 2 atom stereocenters. The van der Waals surface area contributed by atoms with Crippen molar-refractivity contribution >= 4 is 28.6 Å². The van der Waals surface area contributed by atoms with Gasteiger partial charge < -0.3 is 25.3 Å². The second-order valence-electron chi connectivity index (χ2n) is 12.4. The summed E-state index contributed by atoms with van der Waals surface area (Å²) in [6.45, 7) is 8.11. The Balaban J connectivity index is 1.32. The van der Waals surface area contributed by atoms with E-state index in [0.717, 1.165) is 27.6 Å². The van der Waals surface area contributed by atoms with E-state index in [1.54, 1.807) is 4.90 Å². The molecule has 2 aliphatic heterocycles. The van der Waals surface area contributed by atoms with Crippen molar-refractivity contribution in [1.29, 1.82) is 0 Å². The first-order valence-electron chi connectivity index (χ1n) is 15.8. The van der Waals surface area contributed by atoms with Crippen LogP contribution >= 0.6 is 0 Å². The van der Waals surface area contributed by atoms with Gasteiger partial charge in [0.05, 0.1) is 25.8 Å². The van der Waals surface area contributed by atoms with Gasteiger partial charge in [0.25, 0.3) is 5.91 Å². The van der Waals surface area contributed by atoms with E-state index in [4.69, 9.17) is 9.72 Å². The van der Waals surface area contributed by atoms with E-state index in [1.165, 1.54) is 0 Å². The van der Waals surface area contributed by atoms with Crippen LogP contribution in [0.4, 0.5) is 0 Å². The first kappa shape index (κ1) is 30.5. The predicted octanol–water partition coefficient (Wildman–Crippen LogP) is 3.97. The Bertz CT molecular complexity index is 1710. The monoisotopic (exact) mass is 611 g/mol. The van der Waals surface area contributed by atoms with Crippen LogP contribution in [0.15, 0.2) is 48.7 Å². The number of benzene rings is 2. The number of fused-ring (bicyclic) bond motifs is 3. The standard InChI is InChI=1S/C34H41N7O4/c1-21(2)16-29-32-36-22(3)39-41(32)15-14-40(34(44)26-10-6-8-23-19-45-20-27(23)26)13-7-12-31(42)37-30(33(43)38-29)17-24-18-35-28-11-5-4-9-25(24)28/h4-6,8-11,18,21,29-30,35H,7,12-17,19-20H2,1-3H3,(H,37,42)(H,38,43)/t29-,30+/m0/s1. The highest BCUT2D eigenvalue weighted by Gasteiger charge is 2.30. The van der Waals surface area contributed by atoms with Gasteiger partial charge in [-0.05, 0) is 54.5 Å². The molecule has 11 nitrogen and oxygen atoms in total. The van der Waals surface area contributed by atoms with Crippen LogP contribution in [-0.2, 0) is 40.5 Å². The summed E-state index contributed by atoms with van der Waals surface area (Å²) < 4.78 is 7.45. The molecule has 3 N–H and O–H groups in total. The summed E-state index contributed by atoms with van der Waals surface area (Å²) in [7, 11) is 0. The van der Waals surface area contributed by atoms with Crippen molar-refractivity contribution in [1.82, 2.24) is 35.3 Å². The fourth-order valence-corrected chi connectivity index (χ4v) is 6.40. The van der Waals surface area contributed by atoms with E-state index in [0.29, 0.717) is 69.3 Å². The molecule has 0 radical (unpaired) electrons. The number of ether oxygens (including phenoxy) is 1. The molecule has 11 heteroatoms. The van der Waals surface area contributed by atoms with E-state index in [9.17, 15) is 14.4 Å². The Labute approximate surface area is 262 Å². The van der Waals surface area contributed by atoms with Crippen LogP contribution in [0.1, 0.15) is 77.8 Å². The maximum absolute atomic E-state index is 14.0. The molecule has 6 rings (SSSR count). The van der Waals surface area contributed by atoms with Gasteiger partial charge in [-0.15, -0.1) is 0 Å². The second-order valence-corrected chi connectivity index (χ2v) is 12.4. The zero-order chi connectivity index (χ0) is 31.5. The summed E-state index contributed by atoms with van der Waals surface area (Å²) in [6.07, 6.45) is 3.49. The molecule has 45 heavy (non-hydrogen) atoms. The molecule has 0 saturated carbocycles. The lowest BCUT2D eigenvalue weighted by molar-refractivity contribution is -0.129. The smallest absolute Gasteiger partial charge is 0.254 e. The van der Waals surface area contributed by atoms with Gasteiger partial charge >= 0.3 is 0 Å². The van der Waals surface area contributed by atoms with Crippen molar-refractivity contribution in [2.24, 2.45) is 5.92 Å². The van der Waals surface area contributed by atoms with Crippen LogP contribution in [0.2, 0.25) is 0 Å².